The average Bonchev–Trinajstić information content (AvgIpc) is 2.91. The van der Waals surface area contributed by atoms with Crippen molar-refractivity contribution in [3.63, 3.8) is 0 Å². The summed E-state index contributed by atoms with van der Waals surface area (Å²) in [4.78, 5) is 18.8. The highest BCUT2D eigenvalue weighted by molar-refractivity contribution is 5.94. The molecule has 2 rings (SSSR count). The number of aromatic nitrogens is 1. The van der Waals surface area contributed by atoms with E-state index in [1.54, 1.807) is 6.07 Å². The molecule has 2 heterocycles. The Labute approximate surface area is 120 Å². The smallest absolute Gasteiger partial charge is 0.251 e. The van der Waals surface area contributed by atoms with Crippen LogP contribution in [0.3, 0.4) is 0 Å². The van der Waals surface area contributed by atoms with Crippen molar-refractivity contribution in [2.75, 3.05) is 31.9 Å². The fourth-order valence-electron chi connectivity index (χ4n) is 2.44. The number of amides is 1. The first-order valence-corrected chi connectivity index (χ1v) is 7.34. The summed E-state index contributed by atoms with van der Waals surface area (Å²) in [5.41, 5.74) is 7.22. The van der Waals surface area contributed by atoms with Gasteiger partial charge in [-0.2, -0.15) is 0 Å². The molecule has 0 aromatic carbocycles. The van der Waals surface area contributed by atoms with Crippen molar-refractivity contribution in [1.82, 2.24) is 15.2 Å². The first-order valence-electron chi connectivity index (χ1n) is 7.34. The van der Waals surface area contributed by atoms with Crippen LogP contribution in [0, 0.1) is 0 Å². The Bertz CT molecular complexity index is 467. The normalized spacial score (nSPS) is 15.8. The van der Waals surface area contributed by atoms with Crippen LogP contribution in [-0.4, -0.2) is 42.0 Å². The van der Waals surface area contributed by atoms with E-state index < -0.39 is 0 Å². The van der Waals surface area contributed by atoms with E-state index in [1.807, 2.05) is 19.9 Å². The molecule has 110 valence electrons. The number of nitrogens with zero attached hydrogens (tertiary/aromatic N) is 2. The molecule has 3 N–H and O–H groups in total. The zero-order valence-electron chi connectivity index (χ0n) is 12.4. The number of rotatable bonds is 5. The lowest BCUT2D eigenvalue weighted by Gasteiger charge is -2.15. The van der Waals surface area contributed by atoms with Gasteiger partial charge in [-0.3, -0.25) is 4.79 Å². The molecule has 20 heavy (non-hydrogen) atoms. The van der Waals surface area contributed by atoms with Gasteiger partial charge in [-0.1, -0.05) is 13.8 Å². The maximum atomic E-state index is 12.1. The summed E-state index contributed by atoms with van der Waals surface area (Å²) in [7, 11) is 0. The van der Waals surface area contributed by atoms with Gasteiger partial charge < -0.3 is 16.0 Å². The van der Waals surface area contributed by atoms with Gasteiger partial charge in [0.15, 0.2) is 0 Å². The molecule has 1 aromatic heterocycles. The van der Waals surface area contributed by atoms with Crippen LogP contribution in [0.4, 0.5) is 5.82 Å². The Balaban J connectivity index is 1.91. The van der Waals surface area contributed by atoms with E-state index in [0.717, 1.165) is 25.3 Å². The molecule has 1 aliphatic rings. The van der Waals surface area contributed by atoms with Crippen LogP contribution in [0.2, 0.25) is 0 Å². The summed E-state index contributed by atoms with van der Waals surface area (Å²) >= 11 is 0. The topological polar surface area (TPSA) is 71.2 Å². The van der Waals surface area contributed by atoms with Gasteiger partial charge in [0.2, 0.25) is 0 Å². The number of hydrogen-bond donors (Lipinski definition) is 2. The second-order valence-corrected chi connectivity index (χ2v) is 5.66. The number of hydrogen-bond acceptors (Lipinski definition) is 4. The highest BCUT2D eigenvalue weighted by atomic mass is 16.1. The predicted octanol–water partition coefficient (Wildman–Crippen LogP) is 1.61. The van der Waals surface area contributed by atoms with Crippen LogP contribution < -0.4 is 11.1 Å². The third-order valence-corrected chi connectivity index (χ3v) is 3.63. The minimum atomic E-state index is -0.0693. The SMILES string of the molecule is CC(C)c1cc(C(=O)NCCN2CCCC2)cc(N)n1. The van der Waals surface area contributed by atoms with E-state index >= 15 is 0 Å². The monoisotopic (exact) mass is 276 g/mol. The minimum Gasteiger partial charge on any atom is -0.384 e. The Morgan fingerprint density at radius 3 is 2.75 bits per heavy atom. The standard InChI is InChI=1S/C15H24N4O/c1-11(2)13-9-12(10-14(16)18-13)15(20)17-5-8-19-6-3-4-7-19/h9-11H,3-8H2,1-2H3,(H2,16,18)(H,17,20). The quantitative estimate of drug-likeness (QED) is 0.857. The Hall–Kier alpha value is -1.62. The number of anilines is 1. The van der Waals surface area contributed by atoms with E-state index in [2.05, 4.69) is 15.2 Å². The number of likely N-dealkylation sites (tertiary alicyclic amines) is 1. The summed E-state index contributed by atoms with van der Waals surface area (Å²) in [6.07, 6.45) is 2.54. The molecule has 0 saturated carbocycles. The van der Waals surface area contributed by atoms with Gasteiger partial charge in [-0.05, 0) is 44.0 Å². The van der Waals surface area contributed by atoms with Crippen molar-refractivity contribution in [3.05, 3.63) is 23.4 Å². The molecular formula is C15H24N4O. The Kier molecular flexibility index (Phi) is 4.95. The van der Waals surface area contributed by atoms with Crippen molar-refractivity contribution in [2.24, 2.45) is 0 Å². The third-order valence-electron chi connectivity index (χ3n) is 3.63. The molecule has 1 fully saturated rings. The van der Waals surface area contributed by atoms with Crippen LogP contribution in [0.25, 0.3) is 0 Å². The largest absolute Gasteiger partial charge is 0.384 e. The third kappa shape index (κ3) is 3.93. The van der Waals surface area contributed by atoms with E-state index in [4.69, 9.17) is 5.73 Å². The van der Waals surface area contributed by atoms with Gasteiger partial charge in [-0.25, -0.2) is 4.98 Å². The molecule has 1 aliphatic heterocycles. The molecule has 0 atom stereocenters. The van der Waals surface area contributed by atoms with Crippen LogP contribution in [0.1, 0.15) is 48.7 Å². The van der Waals surface area contributed by atoms with Crippen LogP contribution in [0.15, 0.2) is 12.1 Å². The predicted molar refractivity (Wildman–Crippen MR) is 80.7 cm³/mol. The Morgan fingerprint density at radius 2 is 2.10 bits per heavy atom. The molecule has 0 aliphatic carbocycles. The molecule has 1 aromatic rings. The van der Waals surface area contributed by atoms with E-state index in [1.165, 1.54) is 12.8 Å². The zero-order chi connectivity index (χ0) is 14.5. The zero-order valence-corrected chi connectivity index (χ0v) is 12.4. The lowest BCUT2D eigenvalue weighted by molar-refractivity contribution is 0.0949. The van der Waals surface area contributed by atoms with Crippen LogP contribution >= 0.6 is 0 Å². The highest BCUT2D eigenvalue weighted by Crippen LogP contribution is 2.16. The molecule has 5 heteroatoms. The number of nitrogen functional groups attached to an aromatic ring is 1. The van der Waals surface area contributed by atoms with Crippen LogP contribution in [-0.2, 0) is 0 Å². The summed E-state index contributed by atoms with van der Waals surface area (Å²) in [6.45, 7) is 7.97. The number of nitrogens with one attached hydrogen (secondary N) is 1. The first kappa shape index (κ1) is 14.8. The number of carbonyl (C=O) groups excluding carboxylic acids is 1. The van der Waals surface area contributed by atoms with E-state index in [0.29, 0.717) is 17.9 Å². The fourth-order valence-corrected chi connectivity index (χ4v) is 2.44. The molecule has 0 unspecified atom stereocenters. The second-order valence-electron chi connectivity index (χ2n) is 5.66. The lowest BCUT2D eigenvalue weighted by Crippen LogP contribution is -2.33. The van der Waals surface area contributed by atoms with Crippen molar-refractivity contribution < 1.29 is 4.79 Å². The van der Waals surface area contributed by atoms with Gasteiger partial charge in [0.05, 0.1) is 0 Å². The average molecular weight is 276 g/mol. The summed E-state index contributed by atoms with van der Waals surface area (Å²) in [5, 5.41) is 2.96. The van der Waals surface area contributed by atoms with Gasteiger partial charge in [0.1, 0.15) is 5.82 Å². The number of nitrogens with two attached hydrogens (primary N) is 1. The van der Waals surface area contributed by atoms with Gasteiger partial charge >= 0.3 is 0 Å². The number of carbonyl (C=O) groups is 1. The van der Waals surface area contributed by atoms with Crippen LogP contribution in [0.5, 0.6) is 0 Å². The van der Waals surface area contributed by atoms with E-state index in [9.17, 15) is 4.79 Å². The highest BCUT2D eigenvalue weighted by Gasteiger charge is 2.13. The maximum absolute atomic E-state index is 12.1. The second kappa shape index (κ2) is 6.70. The summed E-state index contributed by atoms with van der Waals surface area (Å²) < 4.78 is 0. The van der Waals surface area contributed by atoms with Gasteiger partial charge in [0.25, 0.3) is 5.91 Å². The van der Waals surface area contributed by atoms with Gasteiger partial charge in [-0.15, -0.1) is 0 Å². The molecule has 1 saturated heterocycles. The lowest BCUT2D eigenvalue weighted by atomic mass is 10.1. The molecule has 5 nitrogen and oxygen atoms in total. The van der Waals surface area contributed by atoms with Crippen molar-refractivity contribution in [2.45, 2.75) is 32.6 Å². The van der Waals surface area contributed by atoms with Crippen molar-refractivity contribution in [3.8, 4) is 0 Å². The number of pyridine rings is 1. The molecule has 0 spiro atoms. The molecule has 0 radical (unpaired) electrons. The van der Waals surface area contributed by atoms with Crippen molar-refractivity contribution >= 4 is 11.7 Å². The minimum absolute atomic E-state index is 0.0693. The molecular weight excluding hydrogens is 252 g/mol. The molecule has 1 amide bonds. The molecule has 0 bridgehead atoms. The summed E-state index contributed by atoms with van der Waals surface area (Å²) in [5.74, 6) is 0.593. The fraction of sp³-hybridized carbons (Fsp3) is 0.600. The van der Waals surface area contributed by atoms with Crippen molar-refractivity contribution in [1.29, 1.82) is 0 Å². The maximum Gasteiger partial charge on any atom is 0.251 e. The van der Waals surface area contributed by atoms with Gasteiger partial charge in [0, 0.05) is 24.3 Å². The summed E-state index contributed by atoms with van der Waals surface area (Å²) in [6, 6.07) is 3.46. The van der Waals surface area contributed by atoms with E-state index in [-0.39, 0.29) is 11.8 Å². The Morgan fingerprint density at radius 1 is 1.40 bits per heavy atom. The first-order chi connectivity index (χ1) is 9.56.